The fraction of sp³-hybridized carbons (Fsp3) is 0. The van der Waals surface area contributed by atoms with Gasteiger partial charge in [0.25, 0.3) is 5.69 Å². The summed E-state index contributed by atoms with van der Waals surface area (Å²) in [6.07, 6.45) is 20.4. The largest absolute Gasteiger partial charge is 2.00 e. The van der Waals surface area contributed by atoms with E-state index in [1.165, 1.54) is 24.3 Å². The molecular weight excluding hydrogens is 346 g/mol. The average Bonchev–Trinajstić information content (AvgIpc) is 3.28. The fourth-order valence-corrected chi connectivity index (χ4v) is 1.92. The summed E-state index contributed by atoms with van der Waals surface area (Å²) < 4.78 is 0. The van der Waals surface area contributed by atoms with E-state index < -0.39 is 4.92 Å². The molecule has 0 aliphatic heterocycles. The summed E-state index contributed by atoms with van der Waals surface area (Å²) in [6.45, 7) is 0. The molecule has 0 bridgehead atoms. The van der Waals surface area contributed by atoms with Crippen LogP contribution in [0.2, 0.25) is 0 Å². The molecule has 0 aromatic heterocycles. The van der Waals surface area contributed by atoms with E-state index >= 15 is 0 Å². The van der Waals surface area contributed by atoms with Gasteiger partial charge >= 0.3 is 17.1 Å². The van der Waals surface area contributed by atoms with Crippen molar-refractivity contribution in [2.75, 3.05) is 0 Å². The molecule has 0 heterocycles. The summed E-state index contributed by atoms with van der Waals surface area (Å²) in [5.41, 5.74) is -0.0695. The molecule has 0 spiro atoms. The Kier molecular flexibility index (Phi) is 9.58. The van der Waals surface area contributed by atoms with Gasteiger partial charge in [-0.25, -0.2) is 0 Å². The van der Waals surface area contributed by atoms with Gasteiger partial charge in [-0.15, -0.1) is 0 Å². The third-order valence-electron chi connectivity index (χ3n) is 3.04. The van der Waals surface area contributed by atoms with Crippen LogP contribution in [0.3, 0.4) is 0 Å². The number of hydrogen-bond acceptors (Lipinski definition) is 3. The van der Waals surface area contributed by atoms with Crippen LogP contribution in [-0.2, 0) is 17.1 Å². The summed E-state index contributed by atoms with van der Waals surface area (Å²) >= 11 is 0. The van der Waals surface area contributed by atoms with Gasteiger partial charge in [0.2, 0.25) is 0 Å². The summed E-state index contributed by atoms with van der Waals surface area (Å²) in [5, 5.41) is 10.8. The van der Waals surface area contributed by atoms with Crippen molar-refractivity contribution < 1.29 is 26.8 Å². The second-order valence-corrected chi connectivity index (χ2v) is 4.65. The summed E-state index contributed by atoms with van der Waals surface area (Å²) in [7, 11) is 0. The Hall–Kier alpha value is -1.45. The van der Waals surface area contributed by atoms with Crippen LogP contribution in [0.25, 0.3) is 0 Å². The first kappa shape index (κ1) is 20.6. The van der Waals surface area contributed by atoms with Crippen LogP contribution >= 0.6 is 0 Å². The van der Waals surface area contributed by atoms with Crippen LogP contribution in [0.1, 0.15) is 10.4 Å². The number of nitro benzene ring substituents is 1. The molecule has 1 aromatic rings. The van der Waals surface area contributed by atoms with Crippen molar-refractivity contribution >= 4 is 11.5 Å². The Bertz CT molecular complexity index is 554. The van der Waals surface area contributed by atoms with Gasteiger partial charge in [0.1, 0.15) is 0 Å². The topological polar surface area (TPSA) is 60.2 Å². The molecule has 3 rings (SSSR count). The Morgan fingerprint density at radius 2 is 1.46 bits per heavy atom. The van der Waals surface area contributed by atoms with Crippen molar-refractivity contribution in [1.82, 2.24) is 0 Å². The molecule has 0 saturated heterocycles. The zero-order chi connectivity index (χ0) is 16.5. The number of hydrogen-bond donors (Lipinski definition) is 0. The van der Waals surface area contributed by atoms with E-state index in [0.29, 0.717) is 0 Å². The number of para-hydroxylation sites is 1. The molecule has 0 N–H and O–H groups in total. The maximum absolute atomic E-state index is 11.9. The maximum Gasteiger partial charge on any atom is 2.00 e. The molecule has 0 unspecified atom stereocenters. The number of benzene rings is 1. The second kappa shape index (κ2) is 11.2. The standard InChI is InChI=1S/C14H10NO3.C5H5.Fe/c16-14(10-9-11-5-1-2-6-11)12-7-3-4-8-13(12)15(17)18;1-2-4-5-3-1;/h1-10H;1-5H;/q;;+2/b10-9+;;. The number of carbonyl (C=O) groups excluding carboxylic acids is 1. The molecule has 5 heteroatoms. The van der Waals surface area contributed by atoms with E-state index in [1.54, 1.807) is 12.1 Å². The number of allylic oxidation sites excluding steroid dienone is 2. The molecule has 2 saturated carbocycles. The van der Waals surface area contributed by atoms with Gasteiger partial charge in [-0.05, 0) is 69.9 Å². The first-order chi connectivity index (χ1) is 11.2. The van der Waals surface area contributed by atoms with Crippen LogP contribution in [-0.4, -0.2) is 10.7 Å². The van der Waals surface area contributed by atoms with Crippen molar-refractivity contribution in [3.8, 4) is 0 Å². The first-order valence-electron chi connectivity index (χ1n) is 7.02. The van der Waals surface area contributed by atoms with Gasteiger partial charge < -0.3 is 0 Å². The SMILES string of the molecule is O=C(/C=C/[C]1[CH][CH][CH][CH]1)c1ccccc1[N+](=O)[O-].[CH]1[CH][CH][CH][CH]1.[Fe+2]. The van der Waals surface area contributed by atoms with E-state index in [1.807, 2.05) is 57.8 Å². The van der Waals surface area contributed by atoms with Crippen molar-refractivity contribution in [3.05, 3.63) is 116 Å². The summed E-state index contributed by atoms with van der Waals surface area (Å²) in [6, 6.07) is 5.92. The van der Waals surface area contributed by atoms with Crippen LogP contribution < -0.4 is 0 Å². The van der Waals surface area contributed by atoms with E-state index in [0.717, 1.165) is 5.92 Å². The molecule has 120 valence electrons. The molecule has 0 amide bonds. The number of rotatable bonds is 4. The normalized spacial score (nSPS) is 17.2. The first-order valence-corrected chi connectivity index (χ1v) is 7.02. The molecule has 24 heavy (non-hydrogen) atoms. The Balaban J connectivity index is 0.000000412. The third kappa shape index (κ3) is 6.58. The summed E-state index contributed by atoms with van der Waals surface area (Å²) in [5.74, 6) is 0.519. The Morgan fingerprint density at radius 3 is 2.00 bits per heavy atom. The van der Waals surface area contributed by atoms with E-state index in [9.17, 15) is 14.9 Å². The molecule has 4 nitrogen and oxygen atoms in total. The van der Waals surface area contributed by atoms with Crippen LogP contribution in [0, 0.1) is 73.8 Å². The van der Waals surface area contributed by atoms with Gasteiger partial charge in [0, 0.05) is 12.0 Å². The molecule has 2 aliphatic carbocycles. The smallest absolute Gasteiger partial charge is 0.289 e. The van der Waals surface area contributed by atoms with Crippen LogP contribution in [0.5, 0.6) is 0 Å². The van der Waals surface area contributed by atoms with Gasteiger partial charge in [-0.2, -0.15) is 0 Å². The predicted octanol–water partition coefficient (Wildman–Crippen LogP) is 3.76. The number of nitrogens with zero attached hydrogens (tertiary/aromatic N) is 1. The minimum Gasteiger partial charge on any atom is -0.289 e. The summed E-state index contributed by atoms with van der Waals surface area (Å²) in [4.78, 5) is 22.1. The van der Waals surface area contributed by atoms with Gasteiger partial charge in [-0.1, -0.05) is 18.2 Å². The molecular formula is C19H15FeNO3+2. The molecule has 0 atom stereocenters. The zero-order valence-corrected chi connectivity index (χ0v) is 13.8. The number of carbonyl (C=O) groups is 1. The zero-order valence-electron chi connectivity index (χ0n) is 12.7. The minimum absolute atomic E-state index is 0. The van der Waals surface area contributed by atoms with Gasteiger partial charge in [0.05, 0.1) is 10.5 Å². The van der Waals surface area contributed by atoms with E-state index in [-0.39, 0.29) is 34.1 Å². The van der Waals surface area contributed by atoms with Gasteiger partial charge in [-0.3, -0.25) is 14.9 Å². The van der Waals surface area contributed by atoms with Gasteiger partial charge in [0.15, 0.2) is 5.78 Å². The van der Waals surface area contributed by atoms with Crippen molar-refractivity contribution in [1.29, 1.82) is 0 Å². The Labute approximate surface area is 154 Å². The average molecular weight is 361 g/mol. The quantitative estimate of drug-likeness (QED) is 0.270. The minimum atomic E-state index is -0.552. The number of ketones is 1. The van der Waals surface area contributed by atoms with Crippen molar-refractivity contribution in [3.63, 3.8) is 0 Å². The fourth-order valence-electron chi connectivity index (χ4n) is 1.92. The second-order valence-electron chi connectivity index (χ2n) is 4.65. The van der Waals surface area contributed by atoms with E-state index in [2.05, 4.69) is 0 Å². The maximum atomic E-state index is 11.9. The Morgan fingerprint density at radius 1 is 0.917 bits per heavy atom. The molecule has 2 fully saturated rings. The van der Waals surface area contributed by atoms with E-state index in [4.69, 9.17) is 0 Å². The predicted molar refractivity (Wildman–Crippen MR) is 88.5 cm³/mol. The van der Waals surface area contributed by atoms with Crippen molar-refractivity contribution in [2.45, 2.75) is 0 Å². The van der Waals surface area contributed by atoms with Crippen LogP contribution in [0.15, 0.2) is 36.4 Å². The van der Waals surface area contributed by atoms with Crippen molar-refractivity contribution in [2.24, 2.45) is 0 Å². The molecule has 10 radical (unpaired) electrons. The molecule has 2 aliphatic rings. The van der Waals surface area contributed by atoms with Crippen LogP contribution in [0.4, 0.5) is 5.69 Å². The monoisotopic (exact) mass is 361 g/mol. The third-order valence-corrected chi connectivity index (χ3v) is 3.04. The number of nitro groups is 1. The molecule has 1 aromatic carbocycles.